The van der Waals surface area contributed by atoms with E-state index in [1.807, 2.05) is 50.2 Å². The Morgan fingerprint density at radius 1 is 1.35 bits per heavy atom. The van der Waals surface area contributed by atoms with Gasteiger partial charge in [0.2, 0.25) is 0 Å². The maximum absolute atomic E-state index is 9.41. The highest BCUT2D eigenvalue weighted by Gasteiger charge is 2.10. The van der Waals surface area contributed by atoms with E-state index < -0.39 is 0 Å². The molecule has 7 heteroatoms. The third-order valence-electron chi connectivity index (χ3n) is 3.57. The third kappa shape index (κ3) is 4.53. The van der Waals surface area contributed by atoms with Gasteiger partial charge in [-0.3, -0.25) is 4.68 Å². The molecule has 0 radical (unpaired) electrons. The van der Waals surface area contributed by atoms with Crippen LogP contribution < -0.4 is 5.32 Å². The minimum atomic E-state index is 0.0248. The molecule has 0 saturated carbocycles. The molecule has 1 heterocycles. The van der Waals surface area contributed by atoms with Crippen molar-refractivity contribution in [3.63, 3.8) is 0 Å². The van der Waals surface area contributed by atoms with Crippen molar-refractivity contribution in [1.29, 1.82) is 0 Å². The van der Waals surface area contributed by atoms with Crippen LogP contribution in [0.1, 0.15) is 23.9 Å². The molecule has 7 nitrogen and oxygen atoms in total. The number of aryl methyl sites for hydroxylation is 1. The monoisotopic (exact) mass is 316 g/mol. The first-order chi connectivity index (χ1) is 11.2. The quantitative estimate of drug-likeness (QED) is 0.612. The summed E-state index contributed by atoms with van der Waals surface area (Å²) in [5, 5.41) is 16.8. The van der Waals surface area contributed by atoms with Gasteiger partial charge in [-0.2, -0.15) is 5.10 Å². The van der Waals surface area contributed by atoms with Gasteiger partial charge in [-0.25, -0.2) is 9.98 Å². The fourth-order valence-electron chi connectivity index (χ4n) is 2.25. The molecule has 0 saturated heterocycles. The van der Waals surface area contributed by atoms with Gasteiger partial charge in [0.05, 0.1) is 19.7 Å². The zero-order valence-electron chi connectivity index (χ0n) is 13.9. The average molecular weight is 316 g/mol. The van der Waals surface area contributed by atoms with Crippen molar-refractivity contribution in [2.45, 2.75) is 26.6 Å². The summed E-state index contributed by atoms with van der Waals surface area (Å²) in [5.41, 5.74) is 1.93. The summed E-state index contributed by atoms with van der Waals surface area (Å²) in [4.78, 5) is 10.9. The molecule has 2 aromatic rings. The number of aromatic nitrogens is 3. The van der Waals surface area contributed by atoms with Crippen LogP contribution in [0.2, 0.25) is 0 Å². The van der Waals surface area contributed by atoms with Crippen LogP contribution in [-0.4, -0.2) is 44.3 Å². The van der Waals surface area contributed by atoms with Gasteiger partial charge in [0, 0.05) is 20.6 Å². The fourth-order valence-corrected chi connectivity index (χ4v) is 2.25. The first kappa shape index (κ1) is 17.0. The highest BCUT2D eigenvalue weighted by Crippen LogP contribution is 2.10. The Kier molecular flexibility index (Phi) is 6.10. The highest BCUT2D eigenvalue weighted by atomic mass is 16.3. The predicted octanol–water partition coefficient (Wildman–Crippen LogP) is 0.905. The Hall–Kier alpha value is -2.41. The molecular formula is C16H24N6O. The van der Waals surface area contributed by atoms with Gasteiger partial charge in [-0.1, -0.05) is 24.3 Å². The number of aliphatic hydroxyl groups excluding tert-OH is 1. The van der Waals surface area contributed by atoms with Gasteiger partial charge >= 0.3 is 0 Å². The summed E-state index contributed by atoms with van der Waals surface area (Å²) in [6.07, 6.45) is 1.55. The van der Waals surface area contributed by atoms with Gasteiger partial charge in [0.15, 0.2) is 5.96 Å². The van der Waals surface area contributed by atoms with E-state index in [-0.39, 0.29) is 6.61 Å². The van der Waals surface area contributed by atoms with Crippen LogP contribution >= 0.6 is 0 Å². The van der Waals surface area contributed by atoms with E-state index in [2.05, 4.69) is 20.4 Å². The number of hydrogen-bond donors (Lipinski definition) is 2. The van der Waals surface area contributed by atoms with Crippen molar-refractivity contribution < 1.29 is 5.11 Å². The van der Waals surface area contributed by atoms with E-state index in [0.29, 0.717) is 13.1 Å². The summed E-state index contributed by atoms with van der Waals surface area (Å²) in [6, 6.07) is 7.78. The molecular weight excluding hydrogens is 292 g/mol. The minimum absolute atomic E-state index is 0.0248. The van der Waals surface area contributed by atoms with E-state index in [4.69, 9.17) is 0 Å². The fraction of sp³-hybridized carbons (Fsp3) is 0.438. The molecule has 124 valence electrons. The van der Waals surface area contributed by atoms with Gasteiger partial charge in [-0.05, 0) is 18.1 Å². The van der Waals surface area contributed by atoms with Crippen molar-refractivity contribution in [2.24, 2.45) is 12.0 Å². The Balaban J connectivity index is 2.11. The predicted molar refractivity (Wildman–Crippen MR) is 89.7 cm³/mol. The van der Waals surface area contributed by atoms with E-state index in [1.165, 1.54) is 0 Å². The third-order valence-corrected chi connectivity index (χ3v) is 3.57. The molecule has 0 bridgehead atoms. The Bertz CT molecular complexity index is 652. The van der Waals surface area contributed by atoms with Gasteiger partial charge in [0.1, 0.15) is 12.2 Å². The first-order valence-electron chi connectivity index (χ1n) is 7.65. The standard InChI is InChI=1S/C16H24N6O/c1-4-17-16(21(2)10-15-19-12-20-22(15)3)18-9-13-7-5-6-8-14(13)11-23/h5-8,12,23H,4,9-11H2,1-3H3,(H,17,18). The van der Waals surface area contributed by atoms with E-state index in [9.17, 15) is 5.11 Å². The normalized spacial score (nSPS) is 11.6. The SMILES string of the molecule is CCNC(=NCc1ccccc1CO)N(C)Cc1ncnn1C. The van der Waals surface area contributed by atoms with Crippen LogP contribution in [0.4, 0.5) is 0 Å². The molecule has 2 rings (SSSR count). The summed E-state index contributed by atoms with van der Waals surface area (Å²) < 4.78 is 1.75. The van der Waals surface area contributed by atoms with E-state index >= 15 is 0 Å². The lowest BCUT2D eigenvalue weighted by molar-refractivity contribution is 0.280. The van der Waals surface area contributed by atoms with Crippen LogP contribution in [0.25, 0.3) is 0 Å². The lowest BCUT2D eigenvalue weighted by Crippen LogP contribution is -2.39. The number of guanidine groups is 1. The van der Waals surface area contributed by atoms with Crippen molar-refractivity contribution in [3.05, 3.63) is 47.5 Å². The Morgan fingerprint density at radius 2 is 2.09 bits per heavy atom. The van der Waals surface area contributed by atoms with Crippen molar-refractivity contribution in [3.8, 4) is 0 Å². The van der Waals surface area contributed by atoms with Gasteiger partial charge in [0.25, 0.3) is 0 Å². The van der Waals surface area contributed by atoms with Crippen molar-refractivity contribution >= 4 is 5.96 Å². The Labute approximate surface area is 136 Å². The molecule has 0 atom stereocenters. The lowest BCUT2D eigenvalue weighted by atomic mass is 10.1. The van der Waals surface area contributed by atoms with Crippen LogP contribution in [0.3, 0.4) is 0 Å². The molecule has 0 aliphatic heterocycles. The number of nitrogens with zero attached hydrogens (tertiary/aromatic N) is 5. The van der Waals surface area contributed by atoms with E-state index in [0.717, 1.165) is 29.5 Å². The summed E-state index contributed by atoms with van der Waals surface area (Å²) >= 11 is 0. The van der Waals surface area contributed by atoms with Crippen LogP contribution in [0, 0.1) is 0 Å². The first-order valence-corrected chi connectivity index (χ1v) is 7.65. The number of hydrogen-bond acceptors (Lipinski definition) is 4. The second kappa shape index (κ2) is 8.28. The number of aliphatic imine (C=N–C) groups is 1. The molecule has 0 fully saturated rings. The molecule has 2 N–H and O–H groups in total. The van der Waals surface area contributed by atoms with E-state index in [1.54, 1.807) is 11.0 Å². The smallest absolute Gasteiger partial charge is 0.194 e. The zero-order chi connectivity index (χ0) is 16.7. The second-order valence-electron chi connectivity index (χ2n) is 5.25. The van der Waals surface area contributed by atoms with Crippen LogP contribution in [0.5, 0.6) is 0 Å². The summed E-state index contributed by atoms with van der Waals surface area (Å²) in [6.45, 7) is 3.97. The summed E-state index contributed by atoms with van der Waals surface area (Å²) in [5.74, 6) is 1.66. The number of benzene rings is 1. The molecule has 0 aliphatic carbocycles. The maximum Gasteiger partial charge on any atom is 0.194 e. The molecule has 1 aromatic heterocycles. The maximum atomic E-state index is 9.41. The Morgan fingerprint density at radius 3 is 2.70 bits per heavy atom. The molecule has 23 heavy (non-hydrogen) atoms. The van der Waals surface area contributed by atoms with Crippen molar-refractivity contribution in [1.82, 2.24) is 25.0 Å². The summed E-state index contributed by atoms with van der Waals surface area (Å²) in [7, 11) is 3.84. The molecule has 1 aromatic carbocycles. The molecule has 0 aliphatic rings. The second-order valence-corrected chi connectivity index (χ2v) is 5.25. The number of nitrogens with one attached hydrogen (secondary N) is 1. The van der Waals surface area contributed by atoms with Gasteiger partial charge < -0.3 is 15.3 Å². The highest BCUT2D eigenvalue weighted by molar-refractivity contribution is 5.79. The number of rotatable bonds is 6. The molecule has 0 spiro atoms. The molecule has 0 amide bonds. The number of aliphatic hydroxyl groups is 1. The minimum Gasteiger partial charge on any atom is -0.392 e. The van der Waals surface area contributed by atoms with Crippen LogP contribution in [0.15, 0.2) is 35.6 Å². The van der Waals surface area contributed by atoms with Gasteiger partial charge in [-0.15, -0.1) is 0 Å². The topological polar surface area (TPSA) is 78.6 Å². The lowest BCUT2D eigenvalue weighted by Gasteiger charge is -2.21. The van der Waals surface area contributed by atoms with Crippen LogP contribution in [-0.2, 0) is 26.7 Å². The zero-order valence-corrected chi connectivity index (χ0v) is 13.9. The molecule has 0 unspecified atom stereocenters. The van der Waals surface area contributed by atoms with Crippen molar-refractivity contribution in [2.75, 3.05) is 13.6 Å². The largest absolute Gasteiger partial charge is 0.392 e. The average Bonchev–Trinajstić information content (AvgIpc) is 2.96.